The van der Waals surface area contributed by atoms with Gasteiger partial charge >= 0.3 is 0 Å². The van der Waals surface area contributed by atoms with Gasteiger partial charge in [-0.15, -0.1) is 0 Å². The molecule has 4 aliphatic heterocycles. The molecule has 734 valence electrons. The number of carbonyl (C=O) groups excluding carboxylic acids is 4. The number of piperidine rings is 4. The van der Waals surface area contributed by atoms with E-state index in [1.54, 1.807) is 85.5 Å². The Morgan fingerprint density at radius 1 is 0.331 bits per heavy atom. The molecule has 7 fully saturated rings. The lowest BCUT2D eigenvalue weighted by Crippen LogP contribution is -2.45. The fraction of sp³-hybridized carbons (Fsp3) is 0.351. The van der Waals surface area contributed by atoms with Crippen LogP contribution in [0.3, 0.4) is 0 Å². The predicted molar refractivity (Wildman–Crippen MR) is 567 cm³/mol. The minimum atomic E-state index is -0.895. The van der Waals surface area contributed by atoms with Crippen LogP contribution in [0.2, 0.25) is 40.2 Å². The molecule has 31 heteroatoms. The van der Waals surface area contributed by atoms with Crippen LogP contribution in [0, 0.1) is 81.0 Å². The molecular formula is C111H113Cl8N17O6. The lowest BCUT2D eigenvalue weighted by molar-refractivity contribution is 0.0609. The van der Waals surface area contributed by atoms with Crippen molar-refractivity contribution in [3.05, 3.63) is 277 Å². The first-order valence-electron chi connectivity index (χ1n) is 48.7. The Morgan fingerprint density at radius 2 is 0.563 bits per heavy atom. The maximum absolute atomic E-state index is 13.3. The average molecular weight is 2060 g/mol. The van der Waals surface area contributed by atoms with Crippen LogP contribution >= 0.6 is 92.8 Å². The summed E-state index contributed by atoms with van der Waals surface area (Å²) < 4.78 is 6.87. The molecule has 19 rings (SSSR count). The van der Waals surface area contributed by atoms with Crippen LogP contribution in [0.25, 0.3) is 67.8 Å². The zero-order chi connectivity index (χ0) is 99.7. The Bertz CT molecular complexity index is 6870. The molecule has 23 nitrogen and oxygen atoms in total. The van der Waals surface area contributed by atoms with Gasteiger partial charge in [-0.3, -0.25) is 40.9 Å². The number of halogens is 8. The Hall–Kier alpha value is -11.2. The summed E-state index contributed by atoms with van der Waals surface area (Å²) in [5, 5.41) is 51.9. The van der Waals surface area contributed by atoms with E-state index in [-0.39, 0.29) is 23.6 Å². The highest BCUT2D eigenvalue weighted by Gasteiger charge is 2.34. The number of benzene rings is 8. The van der Waals surface area contributed by atoms with Crippen LogP contribution in [0.4, 0.5) is 0 Å². The topological polar surface area (TPSA) is 267 Å². The summed E-state index contributed by atoms with van der Waals surface area (Å²) in [4.78, 5) is 52.9. The van der Waals surface area contributed by atoms with Gasteiger partial charge in [0.05, 0.1) is 72.2 Å². The lowest BCUT2D eigenvalue weighted by Gasteiger charge is -2.26. The van der Waals surface area contributed by atoms with E-state index < -0.39 is 11.2 Å². The average Bonchev–Trinajstić information content (AvgIpc) is 1.63. The van der Waals surface area contributed by atoms with Crippen molar-refractivity contribution in [1.29, 1.82) is 0 Å². The molecule has 0 spiro atoms. The molecule has 3 aliphatic carbocycles. The first-order chi connectivity index (χ1) is 68.6. The highest BCUT2D eigenvalue weighted by atomic mass is 35.5. The van der Waals surface area contributed by atoms with E-state index in [9.17, 15) is 29.4 Å². The molecule has 0 unspecified atom stereocenters. The third kappa shape index (κ3) is 26.1. The van der Waals surface area contributed by atoms with Gasteiger partial charge in [0.2, 0.25) is 0 Å². The zero-order valence-corrected chi connectivity index (χ0v) is 85.9. The van der Waals surface area contributed by atoms with Crippen molar-refractivity contribution in [2.45, 2.75) is 187 Å². The van der Waals surface area contributed by atoms with E-state index >= 15 is 0 Å². The second-order valence-electron chi connectivity index (χ2n) is 37.0. The van der Waals surface area contributed by atoms with Crippen LogP contribution in [-0.4, -0.2) is 163 Å². The number of nitrogens with two attached hydrogens (primary N) is 1. The third-order valence-corrected chi connectivity index (χ3v) is 28.5. The quantitative estimate of drug-likeness (QED) is 0.0443. The molecular weight excluding hydrogens is 1950 g/mol. The second kappa shape index (κ2) is 48.0. The molecule has 12 aromatic rings. The van der Waals surface area contributed by atoms with E-state index in [4.69, 9.17) is 119 Å². The summed E-state index contributed by atoms with van der Waals surface area (Å²) in [5.74, 6) is 24.5. The minimum Gasteiger partial charge on any atom is -0.378 e. The van der Waals surface area contributed by atoms with Crippen molar-refractivity contribution in [3.63, 3.8) is 0 Å². The molecule has 7 aliphatic rings. The highest BCUT2D eigenvalue weighted by Crippen LogP contribution is 2.41. The molecule has 4 amide bonds. The van der Waals surface area contributed by atoms with Crippen molar-refractivity contribution in [2.24, 2.45) is 11.7 Å². The summed E-state index contributed by atoms with van der Waals surface area (Å²) in [5.41, 5.74) is 33.0. The number of nitrogens with zero attached hydrogens (tertiary/aromatic N) is 12. The highest BCUT2D eigenvalue weighted by molar-refractivity contribution is 6.37. The van der Waals surface area contributed by atoms with E-state index in [1.807, 2.05) is 151 Å². The van der Waals surface area contributed by atoms with Gasteiger partial charge in [0.15, 0.2) is 22.8 Å². The number of hydrogen-bond acceptors (Lipinski definition) is 15. The van der Waals surface area contributed by atoms with Gasteiger partial charge in [-0.2, -0.15) is 20.4 Å². The Kier molecular flexibility index (Phi) is 35.0. The molecule has 142 heavy (non-hydrogen) atoms. The van der Waals surface area contributed by atoms with E-state index in [2.05, 4.69) is 69.1 Å². The van der Waals surface area contributed by atoms with Crippen molar-refractivity contribution >= 4 is 116 Å². The van der Waals surface area contributed by atoms with Crippen molar-refractivity contribution in [1.82, 2.24) is 80.9 Å². The van der Waals surface area contributed by atoms with Gasteiger partial charge in [0.1, 0.15) is 11.2 Å². The van der Waals surface area contributed by atoms with Gasteiger partial charge in [0, 0.05) is 145 Å². The number of hydrogen-bond donors (Lipinski definition) is 7. The summed E-state index contributed by atoms with van der Waals surface area (Å²) in [6, 6.07) is 52.3. The monoisotopic (exact) mass is 2060 g/mol. The third-order valence-electron chi connectivity index (χ3n) is 26.3. The predicted octanol–water partition coefficient (Wildman–Crippen LogP) is 22.9. The smallest absolute Gasteiger partial charge is 0.286 e. The first-order valence-corrected chi connectivity index (χ1v) is 51.7. The molecule has 8 heterocycles. The largest absolute Gasteiger partial charge is 0.378 e. The number of carbonyl (C=O) groups is 4. The van der Waals surface area contributed by atoms with Crippen molar-refractivity contribution in [3.8, 4) is 115 Å². The zero-order valence-electron chi connectivity index (χ0n) is 79.9. The van der Waals surface area contributed by atoms with Crippen LogP contribution in [0.15, 0.2) is 170 Å². The molecule has 0 atom stereocenters. The summed E-state index contributed by atoms with van der Waals surface area (Å²) in [6.07, 6.45) is 23.8. The molecule has 8 N–H and O–H groups in total. The number of aromatic nitrogens is 8. The van der Waals surface area contributed by atoms with E-state index in [0.717, 1.165) is 251 Å². The van der Waals surface area contributed by atoms with Crippen molar-refractivity contribution < 1.29 is 29.4 Å². The first kappa shape index (κ1) is 104. The molecule has 8 aromatic carbocycles. The fourth-order valence-corrected chi connectivity index (χ4v) is 20.4. The van der Waals surface area contributed by atoms with Crippen LogP contribution in [-0.2, 0) is 0 Å². The SMILES string of the molecule is Cc1c(C(=O)NN2CCCCC2)nn(-c2ccc(Cl)cc2Cl)c1-c1ccc(C#CC2(O)CCCC2)cc1.Cc1c(C(=O)NN2CCCCC2)nn(-c2ccc(Cl)cc2Cl)c1-c1ccc(C#CC2(O)CCCCC2)cc1.Cc1c(C(=O)NN2CCCCC2)nn(-c2ccc(Cl)cc2Cl)c1-c1ccc(C#CC2CC2)cc1.Cc1c(C(=O)NN2CCCCC2)nn(-c2ccc(Cl)cc2Cl)c1-c1ccc(C#CCN)cc1. The van der Waals surface area contributed by atoms with Gasteiger partial charge in [-0.1, -0.05) is 221 Å². The van der Waals surface area contributed by atoms with Crippen LogP contribution in [0.1, 0.15) is 234 Å². The van der Waals surface area contributed by atoms with Crippen molar-refractivity contribution in [2.75, 3.05) is 58.9 Å². The van der Waals surface area contributed by atoms with E-state index in [0.29, 0.717) is 98.2 Å². The van der Waals surface area contributed by atoms with Gasteiger partial charge < -0.3 is 15.9 Å². The van der Waals surface area contributed by atoms with Crippen LogP contribution in [0.5, 0.6) is 0 Å². The molecule has 0 radical (unpaired) electrons. The maximum Gasteiger partial charge on any atom is 0.286 e. The second-order valence-corrected chi connectivity index (χ2v) is 40.3. The minimum absolute atomic E-state index is 0.212. The van der Waals surface area contributed by atoms with E-state index in [1.165, 1.54) is 38.5 Å². The molecule has 4 saturated heterocycles. The molecule has 3 saturated carbocycles. The Morgan fingerprint density at radius 3 is 0.803 bits per heavy atom. The summed E-state index contributed by atoms with van der Waals surface area (Å²) >= 11 is 50.8. The fourth-order valence-electron chi connectivity index (χ4n) is 18.5. The number of hydrazine groups is 4. The molecule has 0 bridgehead atoms. The molecule has 4 aromatic heterocycles. The number of rotatable bonds is 16. The number of nitrogens with one attached hydrogen (secondary N) is 4. The van der Waals surface area contributed by atoms with Gasteiger partial charge in [-0.05, 0) is 265 Å². The van der Waals surface area contributed by atoms with Gasteiger partial charge in [0.25, 0.3) is 23.6 Å². The summed E-state index contributed by atoms with van der Waals surface area (Å²) in [7, 11) is 0. The Labute approximate surface area is 869 Å². The lowest BCUT2D eigenvalue weighted by atomic mass is 9.85. The Balaban J connectivity index is 0.000000136. The summed E-state index contributed by atoms with van der Waals surface area (Å²) in [6.45, 7) is 14.6. The van der Waals surface area contributed by atoms with Crippen LogP contribution < -0.4 is 27.4 Å². The number of aliphatic hydroxyl groups is 2. The standard InChI is InChI=1S/C30H32Cl2N4O2.C29H30Cl2N4O2.C27H26Cl2N4O.C25H25Cl2N5O/c1-21-27(29(37)34-35-18-6-3-7-19-35)33-36(26-13-12-24(31)20-25(26)32)28(21)23-10-8-22(9-11-23)14-17-30(38)15-4-2-5-16-30;1-20-26(28(36)33-34-17-5-2-6-18-34)32-35(25-12-11-23(30)19-24(25)31)27(20)22-9-7-21(8-10-22)13-16-29(37)14-3-4-15-29;1-18-25(27(34)31-32-15-3-2-4-16-32)30-33(24-14-13-22(28)17-23(24)29)26(18)21-11-9-20(10-12-21)8-7-19-5-6-19;1-17-23(25(33)30-31-14-3-2-4-15-31)29-32(22-12-11-20(26)16-21(22)27)24(17)19-9-7-18(8-10-19)6-5-13-28/h8-13,20,38H,2-7,15-16,18-19H2,1H3,(H,34,37);7-12,19,37H,2-6,14-15,17-18H2,1H3,(H,33,36);9-14,17,19H,2-6,15-16H2,1H3,(H,31,34);7-12,16H,2-4,13-15,28H2,1H3,(H,30,33). The van der Waals surface area contributed by atoms with Gasteiger partial charge in [-0.25, -0.2) is 38.8 Å². The number of amides is 4. The maximum atomic E-state index is 13.3. The normalized spacial score (nSPS) is 16.3.